The molecule has 5 nitrogen and oxygen atoms in total. The molecule has 0 bridgehead atoms. The molecule has 0 atom stereocenters. The van der Waals surface area contributed by atoms with Crippen LogP contribution < -0.4 is 16.8 Å². The summed E-state index contributed by atoms with van der Waals surface area (Å²) in [5.41, 5.74) is 11.9. The Labute approximate surface area is 76.1 Å². The molecule has 0 radical (unpaired) electrons. The number of hydrogen-bond acceptors (Lipinski definition) is 4. The third kappa shape index (κ3) is 2.81. The van der Waals surface area contributed by atoms with Crippen molar-refractivity contribution in [2.75, 3.05) is 11.9 Å². The van der Waals surface area contributed by atoms with Crippen LogP contribution in [0.3, 0.4) is 0 Å². The zero-order valence-corrected chi connectivity index (χ0v) is 7.16. The predicted octanol–water partition coefficient (Wildman–Crippen LogP) is -0.563. The smallest absolute Gasteiger partial charge is 0.238 e. The number of nitrogens with zero attached hydrogens (tertiary/aromatic N) is 1. The maximum Gasteiger partial charge on any atom is 0.238 e. The minimum Gasteiger partial charge on any atom is -0.325 e. The van der Waals surface area contributed by atoms with Gasteiger partial charge in [0, 0.05) is 18.4 Å². The molecule has 0 fully saturated rings. The van der Waals surface area contributed by atoms with E-state index >= 15 is 0 Å². The summed E-state index contributed by atoms with van der Waals surface area (Å²) in [5.74, 6) is -0.228. The molecule has 0 saturated carbocycles. The molecule has 1 aromatic heterocycles. The maximum atomic E-state index is 10.9. The minimum absolute atomic E-state index is 0.0275. The van der Waals surface area contributed by atoms with Gasteiger partial charge >= 0.3 is 0 Å². The summed E-state index contributed by atoms with van der Waals surface area (Å²) in [6.45, 7) is 0.326. The Morgan fingerprint density at radius 2 is 2.31 bits per heavy atom. The number of rotatable bonds is 3. The topological polar surface area (TPSA) is 94.0 Å². The molecule has 1 heterocycles. The van der Waals surface area contributed by atoms with Crippen LogP contribution in [0.4, 0.5) is 5.69 Å². The van der Waals surface area contributed by atoms with Gasteiger partial charge in [-0.2, -0.15) is 0 Å². The van der Waals surface area contributed by atoms with Crippen LogP contribution in [0.2, 0.25) is 0 Å². The molecule has 5 heteroatoms. The number of pyridine rings is 1. The highest BCUT2D eigenvalue weighted by Crippen LogP contribution is 2.06. The third-order valence-corrected chi connectivity index (χ3v) is 1.49. The van der Waals surface area contributed by atoms with Crippen molar-refractivity contribution in [3.8, 4) is 0 Å². The fourth-order valence-corrected chi connectivity index (χ4v) is 0.880. The molecule has 0 unspecified atom stereocenters. The number of nitrogens with one attached hydrogen (secondary N) is 1. The van der Waals surface area contributed by atoms with Gasteiger partial charge in [-0.3, -0.25) is 9.78 Å². The van der Waals surface area contributed by atoms with Crippen LogP contribution >= 0.6 is 0 Å². The van der Waals surface area contributed by atoms with Crippen LogP contribution in [0.1, 0.15) is 5.69 Å². The van der Waals surface area contributed by atoms with Gasteiger partial charge in [-0.05, 0) is 12.1 Å². The van der Waals surface area contributed by atoms with E-state index in [1.165, 1.54) is 0 Å². The first-order chi connectivity index (χ1) is 6.26. The standard InChI is InChI=1S/C8H12N4O/c9-4-7-3-6(1-2-11-7)12-8(13)5-10/h1-3H,4-5,9-10H2,(H,11,12,13). The summed E-state index contributed by atoms with van der Waals surface area (Å²) < 4.78 is 0. The molecule has 0 aliphatic rings. The molecule has 13 heavy (non-hydrogen) atoms. The van der Waals surface area contributed by atoms with Crippen LogP contribution in [-0.2, 0) is 11.3 Å². The molecule has 5 N–H and O–H groups in total. The number of hydrogen-bond donors (Lipinski definition) is 3. The van der Waals surface area contributed by atoms with Gasteiger partial charge in [0.25, 0.3) is 0 Å². The lowest BCUT2D eigenvalue weighted by Crippen LogP contribution is -2.21. The Morgan fingerprint density at radius 3 is 2.92 bits per heavy atom. The van der Waals surface area contributed by atoms with Crippen LogP contribution in [-0.4, -0.2) is 17.4 Å². The third-order valence-electron chi connectivity index (χ3n) is 1.49. The predicted molar refractivity (Wildman–Crippen MR) is 49.8 cm³/mol. The second-order valence-electron chi connectivity index (χ2n) is 2.49. The lowest BCUT2D eigenvalue weighted by molar-refractivity contribution is -0.114. The van der Waals surface area contributed by atoms with Crippen LogP contribution in [0.15, 0.2) is 18.3 Å². The first kappa shape index (κ1) is 9.63. The summed E-state index contributed by atoms with van der Waals surface area (Å²) in [6, 6.07) is 3.40. The zero-order valence-electron chi connectivity index (χ0n) is 7.16. The molecule has 0 spiro atoms. The molecule has 0 aromatic carbocycles. The first-order valence-corrected chi connectivity index (χ1v) is 3.91. The van der Waals surface area contributed by atoms with Crippen molar-refractivity contribution in [2.24, 2.45) is 11.5 Å². The summed E-state index contributed by atoms with van der Waals surface area (Å²) in [4.78, 5) is 14.9. The van der Waals surface area contributed by atoms with E-state index in [9.17, 15) is 4.79 Å². The highest BCUT2D eigenvalue weighted by molar-refractivity contribution is 5.92. The fourth-order valence-electron chi connectivity index (χ4n) is 0.880. The lowest BCUT2D eigenvalue weighted by atomic mass is 10.3. The van der Waals surface area contributed by atoms with Gasteiger partial charge in [0.15, 0.2) is 0 Å². The first-order valence-electron chi connectivity index (χ1n) is 3.91. The zero-order chi connectivity index (χ0) is 9.68. The number of carbonyl (C=O) groups is 1. The molecule has 0 saturated heterocycles. The van der Waals surface area contributed by atoms with E-state index in [0.717, 1.165) is 5.69 Å². The highest BCUT2D eigenvalue weighted by atomic mass is 16.1. The van der Waals surface area contributed by atoms with E-state index in [0.29, 0.717) is 12.2 Å². The molecule has 0 aliphatic carbocycles. The van der Waals surface area contributed by atoms with Crippen molar-refractivity contribution in [1.29, 1.82) is 0 Å². The van der Waals surface area contributed by atoms with Crippen molar-refractivity contribution in [1.82, 2.24) is 4.98 Å². The average molecular weight is 180 g/mol. The molecular weight excluding hydrogens is 168 g/mol. The fraction of sp³-hybridized carbons (Fsp3) is 0.250. The van der Waals surface area contributed by atoms with Crippen molar-refractivity contribution >= 4 is 11.6 Å². The summed E-state index contributed by atoms with van der Waals surface area (Å²) >= 11 is 0. The molecular formula is C8H12N4O. The monoisotopic (exact) mass is 180 g/mol. The SMILES string of the molecule is NCC(=O)Nc1ccnc(CN)c1. The van der Waals surface area contributed by atoms with Crippen molar-refractivity contribution in [3.05, 3.63) is 24.0 Å². The largest absolute Gasteiger partial charge is 0.325 e. The molecule has 70 valence electrons. The normalized spacial score (nSPS) is 9.69. The lowest BCUT2D eigenvalue weighted by Gasteiger charge is -2.03. The Bertz CT molecular complexity index is 300. The van der Waals surface area contributed by atoms with Crippen molar-refractivity contribution in [3.63, 3.8) is 0 Å². The van der Waals surface area contributed by atoms with Gasteiger partial charge < -0.3 is 16.8 Å². The van der Waals surface area contributed by atoms with Gasteiger partial charge in [0.05, 0.1) is 12.2 Å². The van der Waals surface area contributed by atoms with E-state index < -0.39 is 0 Å². The van der Waals surface area contributed by atoms with Crippen LogP contribution in [0.25, 0.3) is 0 Å². The summed E-state index contributed by atoms with van der Waals surface area (Å²) in [7, 11) is 0. The number of carbonyl (C=O) groups excluding carboxylic acids is 1. The minimum atomic E-state index is -0.228. The Kier molecular flexibility index (Phi) is 3.36. The quantitative estimate of drug-likeness (QED) is 0.581. The van der Waals surface area contributed by atoms with E-state index in [-0.39, 0.29) is 12.5 Å². The Hall–Kier alpha value is -1.46. The van der Waals surface area contributed by atoms with Gasteiger partial charge in [-0.25, -0.2) is 0 Å². The van der Waals surface area contributed by atoms with E-state index in [2.05, 4.69) is 10.3 Å². The van der Waals surface area contributed by atoms with E-state index in [1.807, 2.05) is 0 Å². The number of amides is 1. The van der Waals surface area contributed by atoms with Crippen molar-refractivity contribution in [2.45, 2.75) is 6.54 Å². The van der Waals surface area contributed by atoms with Gasteiger partial charge in [0.2, 0.25) is 5.91 Å². The Balaban J connectivity index is 2.71. The maximum absolute atomic E-state index is 10.9. The Morgan fingerprint density at radius 1 is 1.54 bits per heavy atom. The van der Waals surface area contributed by atoms with Gasteiger partial charge in [-0.15, -0.1) is 0 Å². The summed E-state index contributed by atoms with van der Waals surface area (Å²) in [6.07, 6.45) is 1.59. The van der Waals surface area contributed by atoms with Gasteiger partial charge in [0.1, 0.15) is 0 Å². The second-order valence-corrected chi connectivity index (χ2v) is 2.49. The van der Waals surface area contributed by atoms with Gasteiger partial charge in [-0.1, -0.05) is 0 Å². The van der Waals surface area contributed by atoms with E-state index in [1.54, 1.807) is 18.3 Å². The van der Waals surface area contributed by atoms with Crippen molar-refractivity contribution < 1.29 is 4.79 Å². The molecule has 1 amide bonds. The average Bonchev–Trinajstić information content (AvgIpc) is 2.18. The number of anilines is 1. The van der Waals surface area contributed by atoms with Crippen LogP contribution in [0, 0.1) is 0 Å². The number of aromatic nitrogens is 1. The molecule has 1 rings (SSSR count). The highest BCUT2D eigenvalue weighted by Gasteiger charge is 1.99. The van der Waals surface area contributed by atoms with E-state index in [4.69, 9.17) is 11.5 Å². The van der Waals surface area contributed by atoms with Crippen LogP contribution in [0.5, 0.6) is 0 Å². The summed E-state index contributed by atoms with van der Waals surface area (Å²) in [5, 5.41) is 2.61. The number of nitrogens with two attached hydrogens (primary N) is 2. The molecule has 1 aromatic rings. The second kappa shape index (κ2) is 4.54. The molecule has 0 aliphatic heterocycles.